The molecular weight excluding hydrogens is 406 g/mol. The number of halogens is 2. The molecule has 0 unspecified atom stereocenters. The number of hydrogen-bond acceptors (Lipinski definition) is 3. The molecule has 162 valence electrons. The molecule has 0 saturated carbocycles. The smallest absolute Gasteiger partial charge is 0.242 e. The minimum Gasteiger partial charge on any atom is -0.350 e. The second kappa shape index (κ2) is 10.6. The Morgan fingerprint density at radius 3 is 2.07 bits per heavy atom. The van der Waals surface area contributed by atoms with Gasteiger partial charge in [0, 0.05) is 23.4 Å². The summed E-state index contributed by atoms with van der Waals surface area (Å²) in [6.45, 7) is 7.16. The number of nitrogens with zero attached hydrogens (tertiary/aromatic N) is 1. The Labute approximate surface area is 181 Å². The summed E-state index contributed by atoms with van der Waals surface area (Å²) in [6.07, 6.45) is 0. The maximum absolute atomic E-state index is 14.2. The first kappa shape index (κ1) is 23.9. The number of amides is 2. The highest BCUT2D eigenvalue weighted by atomic mass is 32.2. The number of hydrogen-bond donors (Lipinski definition) is 1. The van der Waals surface area contributed by atoms with Crippen molar-refractivity contribution in [2.24, 2.45) is 0 Å². The summed E-state index contributed by atoms with van der Waals surface area (Å²) in [5.41, 5.74) is 0.382. The maximum Gasteiger partial charge on any atom is 0.242 e. The van der Waals surface area contributed by atoms with E-state index in [9.17, 15) is 18.4 Å². The van der Waals surface area contributed by atoms with Crippen LogP contribution in [0.25, 0.3) is 0 Å². The Morgan fingerprint density at radius 1 is 1.00 bits per heavy atom. The van der Waals surface area contributed by atoms with Crippen LogP contribution >= 0.6 is 11.8 Å². The molecule has 0 bridgehead atoms. The molecule has 7 heteroatoms. The molecule has 2 amide bonds. The summed E-state index contributed by atoms with van der Waals surface area (Å²) in [5.74, 6) is -0.997. The molecular formula is C23H28F2N2O2S. The van der Waals surface area contributed by atoms with Crippen molar-refractivity contribution in [2.75, 3.05) is 5.75 Å². The van der Waals surface area contributed by atoms with Crippen molar-refractivity contribution in [1.82, 2.24) is 10.2 Å². The van der Waals surface area contributed by atoms with Gasteiger partial charge in [-0.1, -0.05) is 36.4 Å². The number of carbonyl (C=O) groups is 2. The van der Waals surface area contributed by atoms with Gasteiger partial charge in [-0.2, -0.15) is 0 Å². The molecule has 0 aliphatic rings. The third kappa shape index (κ3) is 7.13. The van der Waals surface area contributed by atoms with E-state index in [1.807, 2.05) is 20.8 Å². The van der Waals surface area contributed by atoms with Crippen molar-refractivity contribution < 1.29 is 18.4 Å². The van der Waals surface area contributed by atoms with Gasteiger partial charge in [0.05, 0.1) is 5.75 Å². The molecule has 0 aromatic heterocycles. The summed E-state index contributed by atoms with van der Waals surface area (Å²) in [6, 6.07) is 11.8. The van der Waals surface area contributed by atoms with E-state index in [-0.39, 0.29) is 29.9 Å². The van der Waals surface area contributed by atoms with Crippen molar-refractivity contribution in [2.45, 2.75) is 51.6 Å². The molecule has 2 aromatic carbocycles. The van der Waals surface area contributed by atoms with Crippen LogP contribution in [0.2, 0.25) is 0 Å². The lowest BCUT2D eigenvalue weighted by Crippen LogP contribution is -2.52. The van der Waals surface area contributed by atoms with Gasteiger partial charge in [0.15, 0.2) is 0 Å². The molecule has 0 aliphatic heterocycles. The largest absolute Gasteiger partial charge is 0.350 e. The van der Waals surface area contributed by atoms with E-state index in [1.165, 1.54) is 28.8 Å². The first-order valence-corrected chi connectivity index (χ1v) is 10.9. The van der Waals surface area contributed by atoms with Crippen LogP contribution in [0.4, 0.5) is 8.78 Å². The summed E-state index contributed by atoms with van der Waals surface area (Å²) >= 11 is 1.26. The van der Waals surface area contributed by atoms with Crippen molar-refractivity contribution in [1.29, 1.82) is 0 Å². The van der Waals surface area contributed by atoms with Crippen LogP contribution < -0.4 is 5.32 Å². The second-order valence-electron chi connectivity index (χ2n) is 8.11. The lowest BCUT2D eigenvalue weighted by Gasteiger charge is -2.31. The van der Waals surface area contributed by atoms with Crippen LogP contribution in [0.5, 0.6) is 0 Å². The minimum atomic E-state index is -0.787. The topological polar surface area (TPSA) is 49.4 Å². The first-order chi connectivity index (χ1) is 14.1. The van der Waals surface area contributed by atoms with Gasteiger partial charge in [-0.3, -0.25) is 9.59 Å². The first-order valence-electron chi connectivity index (χ1n) is 9.74. The number of rotatable bonds is 8. The van der Waals surface area contributed by atoms with E-state index >= 15 is 0 Å². The maximum atomic E-state index is 14.2. The molecule has 4 nitrogen and oxygen atoms in total. The third-order valence-electron chi connectivity index (χ3n) is 4.40. The average Bonchev–Trinajstić information content (AvgIpc) is 2.67. The molecule has 0 saturated heterocycles. The molecule has 0 radical (unpaired) electrons. The fraction of sp³-hybridized carbons (Fsp3) is 0.391. The van der Waals surface area contributed by atoms with E-state index in [2.05, 4.69) is 5.32 Å². The Morgan fingerprint density at radius 2 is 1.53 bits per heavy atom. The lowest BCUT2D eigenvalue weighted by atomic mass is 10.1. The SMILES string of the molecule is C[C@H](C(=O)NC(C)(C)C)N(Cc1ccccc1F)C(=O)CSCc1ccccc1F. The molecule has 0 spiro atoms. The Hall–Kier alpha value is -2.41. The zero-order valence-electron chi connectivity index (χ0n) is 17.7. The number of thioether (sulfide) groups is 1. The highest BCUT2D eigenvalue weighted by molar-refractivity contribution is 7.99. The van der Waals surface area contributed by atoms with E-state index in [4.69, 9.17) is 0 Å². The quantitative estimate of drug-likeness (QED) is 0.664. The molecule has 0 aliphatic carbocycles. The zero-order chi connectivity index (χ0) is 22.3. The van der Waals surface area contributed by atoms with Crippen LogP contribution in [0.1, 0.15) is 38.8 Å². The highest BCUT2D eigenvalue weighted by Crippen LogP contribution is 2.19. The predicted octanol–water partition coefficient (Wildman–Crippen LogP) is 4.53. The highest BCUT2D eigenvalue weighted by Gasteiger charge is 2.28. The monoisotopic (exact) mass is 434 g/mol. The summed E-state index contributed by atoms with van der Waals surface area (Å²) in [4.78, 5) is 27.0. The standard InChI is InChI=1S/C23H28F2N2O2S/c1-16(22(29)26-23(2,3)4)27(13-17-9-5-7-11-19(17)24)21(28)15-30-14-18-10-6-8-12-20(18)25/h5-12,16H,13-15H2,1-4H3,(H,26,29)/t16-/m1/s1. The van der Waals surface area contributed by atoms with Gasteiger partial charge in [-0.25, -0.2) is 8.78 Å². The summed E-state index contributed by atoms with van der Waals surface area (Å²) in [5, 5.41) is 2.86. The van der Waals surface area contributed by atoms with Crippen molar-refractivity contribution in [3.05, 3.63) is 71.3 Å². The van der Waals surface area contributed by atoms with E-state index in [0.717, 1.165) is 0 Å². The van der Waals surface area contributed by atoms with Gasteiger partial charge in [-0.15, -0.1) is 11.8 Å². The van der Waals surface area contributed by atoms with Crippen molar-refractivity contribution in [3.63, 3.8) is 0 Å². The average molecular weight is 435 g/mol. The predicted molar refractivity (Wildman–Crippen MR) is 117 cm³/mol. The van der Waals surface area contributed by atoms with Crippen LogP contribution in [0.3, 0.4) is 0 Å². The van der Waals surface area contributed by atoms with Crippen LogP contribution in [-0.2, 0) is 21.9 Å². The molecule has 1 N–H and O–H groups in total. The summed E-state index contributed by atoms with van der Waals surface area (Å²) in [7, 11) is 0. The summed E-state index contributed by atoms with van der Waals surface area (Å²) < 4.78 is 28.0. The van der Waals surface area contributed by atoms with E-state index < -0.39 is 17.4 Å². The van der Waals surface area contributed by atoms with Gasteiger partial charge >= 0.3 is 0 Å². The Bertz CT molecular complexity index is 884. The van der Waals surface area contributed by atoms with E-state index in [0.29, 0.717) is 16.9 Å². The fourth-order valence-corrected chi connectivity index (χ4v) is 3.71. The molecule has 2 aromatic rings. The third-order valence-corrected chi connectivity index (χ3v) is 5.37. The molecule has 2 rings (SSSR count). The lowest BCUT2D eigenvalue weighted by molar-refractivity contribution is -0.139. The van der Waals surface area contributed by atoms with Gasteiger partial charge in [0.25, 0.3) is 0 Å². The van der Waals surface area contributed by atoms with Gasteiger partial charge in [0.1, 0.15) is 17.7 Å². The van der Waals surface area contributed by atoms with Crippen LogP contribution in [-0.4, -0.2) is 34.0 Å². The molecule has 0 heterocycles. The molecule has 1 atom stereocenters. The van der Waals surface area contributed by atoms with Crippen LogP contribution in [0, 0.1) is 11.6 Å². The molecule has 0 fully saturated rings. The van der Waals surface area contributed by atoms with Gasteiger partial charge < -0.3 is 10.2 Å². The van der Waals surface area contributed by atoms with Gasteiger partial charge in [0.2, 0.25) is 11.8 Å². The van der Waals surface area contributed by atoms with Gasteiger partial charge in [-0.05, 0) is 45.4 Å². The van der Waals surface area contributed by atoms with Crippen molar-refractivity contribution >= 4 is 23.6 Å². The normalized spacial score (nSPS) is 12.3. The second-order valence-corrected chi connectivity index (χ2v) is 9.10. The number of nitrogens with one attached hydrogen (secondary N) is 1. The number of benzene rings is 2. The minimum absolute atomic E-state index is 0.0233. The Kier molecular flexibility index (Phi) is 8.41. The number of carbonyl (C=O) groups excluding carboxylic acids is 2. The molecule has 30 heavy (non-hydrogen) atoms. The zero-order valence-corrected chi connectivity index (χ0v) is 18.6. The van der Waals surface area contributed by atoms with Crippen LogP contribution in [0.15, 0.2) is 48.5 Å². The Balaban J connectivity index is 2.13. The van der Waals surface area contributed by atoms with E-state index in [1.54, 1.807) is 43.3 Å². The van der Waals surface area contributed by atoms with Crippen molar-refractivity contribution in [3.8, 4) is 0 Å². The fourth-order valence-electron chi connectivity index (χ4n) is 2.81.